The molecule has 0 aliphatic rings. The van der Waals surface area contributed by atoms with Gasteiger partial charge in [0.15, 0.2) is 0 Å². The van der Waals surface area contributed by atoms with Gasteiger partial charge in [0.05, 0.1) is 24.2 Å². The molecule has 0 aliphatic carbocycles. The fourth-order valence-electron chi connectivity index (χ4n) is 2.76. The summed E-state index contributed by atoms with van der Waals surface area (Å²) in [7, 11) is 1.67. The molecule has 0 radical (unpaired) electrons. The smallest absolute Gasteiger partial charge is 0.201 e. The minimum atomic E-state index is 0.113. The zero-order chi connectivity index (χ0) is 15.0. The van der Waals surface area contributed by atoms with Crippen LogP contribution in [0.3, 0.4) is 0 Å². The van der Waals surface area contributed by atoms with Gasteiger partial charge in [0, 0.05) is 0 Å². The van der Waals surface area contributed by atoms with E-state index in [1.165, 1.54) is 11.1 Å². The second-order valence-corrected chi connectivity index (χ2v) is 5.23. The quantitative estimate of drug-likeness (QED) is 0.798. The summed E-state index contributed by atoms with van der Waals surface area (Å²) in [5, 5.41) is 0. The fourth-order valence-corrected chi connectivity index (χ4v) is 2.76. The van der Waals surface area contributed by atoms with Crippen molar-refractivity contribution in [1.29, 1.82) is 0 Å². The summed E-state index contributed by atoms with van der Waals surface area (Å²) in [6.45, 7) is 4.21. The second-order valence-electron chi connectivity index (χ2n) is 5.23. The normalized spacial score (nSPS) is 12.5. The van der Waals surface area contributed by atoms with Crippen molar-refractivity contribution >= 4 is 17.0 Å². The van der Waals surface area contributed by atoms with Gasteiger partial charge in [-0.3, -0.25) is 0 Å². The molecule has 0 bridgehead atoms. The van der Waals surface area contributed by atoms with Gasteiger partial charge in [-0.15, -0.1) is 0 Å². The predicted octanol–water partition coefficient (Wildman–Crippen LogP) is 3.54. The first-order valence-corrected chi connectivity index (χ1v) is 6.99. The van der Waals surface area contributed by atoms with Crippen LogP contribution in [0.4, 0.5) is 5.95 Å². The number of aromatic nitrogens is 2. The van der Waals surface area contributed by atoms with Crippen LogP contribution in [-0.4, -0.2) is 16.7 Å². The highest BCUT2D eigenvalue weighted by Crippen LogP contribution is 2.29. The number of para-hydroxylation sites is 1. The number of benzene rings is 2. The van der Waals surface area contributed by atoms with Crippen molar-refractivity contribution < 1.29 is 4.74 Å². The Morgan fingerprint density at radius 3 is 2.52 bits per heavy atom. The molecule has 3 rings (SSSR count). The van der Waals surface area contributed by atoms with E-state index < -0.39 is 0 Å². The van der Waals surface area contributed by atoms with Crippen LogP contribution in [0.15, 0.2) is 42.5 Å². The molecule has 1 aromatic heterocycles. The molecule has 0 saturated heterocycles. The summed E-state index contributed by atoms with van der Waals surface area (Å²) in [6.07, 6.45) is 0. The molecule has 1 atom stereocenters. The van der Waals surface area contributed by atoms with E-state index in [0.29, 0.717) is 5.95 Å². The minimum absolute atomic E-state index is 0.113. The Kier molecular flexibility index (Phi) is 3.29. The highest BCUT2D eigenvalue weighted by atomic mass is 16.5. The zero-order valence-electron chi connectivity index (χ0n) is 12.5. The Morgan fingerprint density at radius 1 is 1.14 bits per heavy atom. The molecule has 2 N–H and O–H groups in total. The number of fused-ring (bicyclic) bond motifs is 1. The van der Waals surface area contributed by atoms with Gasteiger partial charge in [0.1, 0.15) is 5.75 Å². The summed E-state index contributed by atoms with van der Waals surface area (Å²) < 4.78 is 7.30. The largest absolute Gasteiger partial charge is 0.497 e. The van der Waals surface area contributed by atoms with Crippen molar-refractivity contribution in [2.24, 2.45) is 0 Å². The van der Waals surface area contributed by atoms with Gasteiger partial charge in [-0.2, -0.15) is 0 Å². The van der Waals surface area contributed by atoms with Gasteiger partial charge >= 0.3 is 0 Å². The highest BCUT2D eigenvalue weighted by molar-refractivity contribution is 5.82. The number of imidazole rings is 1. The van der Waals surface area contributed by atoms with Crippen molar-refractivity contribution in [2.75, 3.05) is 12.8 Å². The van der Waals surface area contributed by atoms with Crippen LogP contribution in [0.25, 0.3) is 11.0 Å². The molecule has 108 valence electrons. The predicted molar refractivity (Wildman–Crippen MR) is 85.7 cm³/mol. The molecule has 4 nitrogen and oxygen atoms in total. The topological polar surface area (TPSA) is 53.1 Å². The average molecular weight is 281 g/mol. The summed E-state index contributed by atoms with van der Waals surface area (Å²) in [4.78, 5) is 4.47. The lowest BCUT2D eigenvalue weighted by Crippen LogP contribution is -2.10. The Bertz CT molecular complexity index is 775. The van der Waals surface area contributed by atoms with Gasteiger partial charge in [0.25, 0.3) is 0 Å². The van der Waals surface area contributed by atoms with E-state index >= 15 is 0 Å². The zero-order valence-corrected chi connectivity index (χ0v) is 12.5. The third kappa shape index (κ3) is 2.23. The maximum absolute atomic E-state index is 6.14. The lowest BCUT2D eigenvalue weighted by molar-refractivity contribution is 0.414. The van der Waals surface area contributed by atoms with E-state index in [1.54, 1.807) is 7.11 Å². The highest BCUT2D eigenvalue weighted by Gasteiger charge is 2.16. The molecule has 2 aromatic carbocycles. The number of nitrogens with zero attached hydrogens (tertiary/aromatic N) is 2. The molecule has 1 heterocycles. The number of hydrogen-bond donors (Lipinski definition) is 1. The molecule has 0 amide bonds. The summed E-state index contributed by atoms with van der Waals surface area (Å²) >= 11 is 0. The van der Waals surface area contributed by atoms with E-state index in [-0.39, 0.29) is 6.04 Å². The van der Waals surface area contributed by atoms with E-state index in [0.717, 1.165) is 16.8 Å². The number of ether oxygens (including phenoxy) is 1. The number of methoxy groups -OCH3 is 1. The Balaban J connectivity index is 2.12. The molecule has 0 aliphatic heterocycles. The fraction of sp³-hybridized carbons (Fsp3) is 0.235. The van der Waals surface area contributed by atoms with Crippen LogP contribution in [0.5, 0.6) is 5.75 Å². The number of anilines is 1. The standard InChI is InChI=1S/C17H19N3O/c1-11-5-4-6-15-16(11)20(17(18)19-15)12(2)13-7-9-14(21-3)10-8-13/h4-10,12H,1-3H3,(H2,18,19). The molecule has 1 unspecified atom stereocenters. The van der Waals surface area contributed by atoms with Gasteiger partial charge in [-0.1, -0.05) is 24.3 Å². The van der Waals surface area contributed by atoms with Crippen molar-refractivity contribution in [3.8, 4) is 5.75 Å². The van der Waals surface area contributed by atoms with Crippen molar-refractivity contribution in [3.05, 3.63) is 53.6 Å². The van der Waals surface area contributed by atoms with Crippen LogP contribution in [0, 0.1) is 6.92 Å². The lowest BCUT2D eigenvalue weighted by atomic mass is 10.1. The van der Waals surface area contributed by atoms with Crippen LogP contribution >= 0.6 is 0 Å². The van der Waals surface area contributed by atoms with Gasteiger partial charge in [-0.05, 0) is 43.2 Å². The molecule has 0 spiro atoms. The van der Waals surface area contributed by atoms with Gasteiger partial charge in [0.2, 0.25) is 5.95 Å². The molecule has 3 aromatic rings. The van der Waals surface area contributed by atoms with Gasteiger partial charge in [-0.25, -0.2) is 4.98 Å². The third-order valence-corrected chi connectivity index (χ3v) is 3.92. The third-order valence-electron chi connectivity index (χ3n) is 3.92. The molecular weight excluding hydrogens is 262 g/mol. The first-order chi connectivity index (χ1) is 10.1. The van der Waals surface area contributed by atoms with E-state index in [9.17, 15) is 0 Å². The SMILES string of the molecule is COc1ccc(C(C)n2c(N)nc3cccc(C)c32)cc1. The van der Waals surface area contributed by atoms with Crippen LogP contribution in [0.1, 0.15) is 24.1 Å². The van der Waals surface area contributed by atoms with E-state index in [2.05, 4.69) is 41.6 Å². The van der Waals surface area contributed by atoms with Crippen LogP contribution in [0.2, 0.25) is 0 Å². The number of rotatable bonds is 3. The maximum Gasteiger partial charge on any atom is 0.201 e. The Labute approximate surface area is 124 Å². The molecule has 0 fully saturated rings. The number of hydrogen-bond acceptors (Lipinski definition) is 3. The van der Waals surface area contributed by atoms with Gasteiger partial charge < -0.3 is 15.0 Å². The van der Waals surface area contributed by atoms with Crippen molar-refractivity contribution in [2.45, 2.75) is 19.9 Å². The maximum atomic E-state index is 6.14. The van der Waals surface area contributed by atoms with Crippen LogP contribution in [-0.2, 0) is 0 Å². The summed E-state index contributed by atoms with van der Waals surface area (Å²) in [6, 6.07) is 14.3. The number of aryl methyl sites for hydroxylation is 1. The monoisotopic (exact) mass is 281 g/mol. The number of nitrogen functional groups attached to an aromatic ring is 1. The molecule has 21 heavy (non-hydrogen) atoms. The Hall–Kier alpha value is -2.49. The molecule has 4 heteroatoms. The number of nitrogens with two attached hydrogens (primary N) is 1. The average Bonchev–Trinajstić information content (AvgIpc) is 2.84. The van der Waals surface area contributed by atoms with Crippen LogP contribution < -0.4 is 10.5 Å². The summed E-state index contributed by atoms with van der Waals surface area (Å²) in [5.41, 5.74) is 10.5. The molecule has 0 saturated carbocycles. The summed E-state index contributed by atoms with van der Waals surface area (Å²) in [5.74, 6) is 1.40. The molecular formula is C17H19N3O. The van der Waals surface area contributed by atoms with Crippen molar-refractivity contribution in [3.63, 3.8) is 0 Å². The van der Waals surface area contributed by atoms with E-state index in [4.69, 9.17) is 10.5 Å². The second kappa shape index (κ2) is 5.13. The Morgan fingerprint density at radius 2 is 1.86 bits per heavy atom. The van der Waals surface area contributed by atoms with E-state index in [1.807, 2.05) is 24.3 Å². The first-order valence-electron chi connectivity index (χ1n) is 6.99. The minimum Gasteiger partial charge on any atom is -0.497 e. The van der Waals surface area contributed by atoms with Crippen molar-refractivity contribution in [1.82, 2.24) is 9.55 Å². The first kappa shape index (κ1) is 13.5. The lowest BCUT2D eigenvalue weighted by Gasteiger charge is -2.17.